The fourth-order valence-corrected chi connectivity index (χ4v) is 4.46. The predicted molar refractivity (Wildman–Crippen MR) is 121 cm³/mol. The molecule has 0 saturated carbocycles. The summed E-state index contributed by atoms with van der Waals surface area (Å²) in [6.07, 6.45) is -0.336. The highest BCUT2D eigenvalue weighted by Crippen LogP contribution is 2.31. The molecule has 166 valence electrons. The normalized spacial score (nSPS) is 13.9. The lowest BCUT2D eigenvalue weighted by atomic mass is 10.1. The number of carbonyl (C=O) groups is 2. The maximum Gasteiger partial charge on any atom is 0.409 e. The van der Waals surface area contributed by atoms with Gasteiger partial charge in [0.25, 0.3) is 0 Å². The summed E-state index contributed by atoms with van der Waals surface area (Å²) in [6, 6.07) is 13.9. The SMILES string of the molecule is CCOC(=O)N1CCN(C(=O)CSc2nnc(-c3ccc(F)cc3)c3ccccc23)CC1. The Kier molecular flexibility index (Phi) is 6.84. The summed E-state index contributed by atoms with van der Waals surface area (Å²) < 4.78 is 18.3. The fraction of sp³-hybridized carbons (Fsp3) is 0.304. The summed E-state index contributed by atoms with van der Waals surface area (Å²) in [7, 11) is 0. The molecular weight excluding hydrogens is 431 g/mol. The van der Waals surface area contributed by atoms with Crippen LogP contribution in [0.3, 0.4) is 0 Å². The van der Waals surface area contributed by atoms with Crippen molar-refractivity contribution < 1.29 is 18.7 Å². The van der Waals surface area contributed by atoms with Gasteiger partial charge in [0.1, 0.15) is 16.5 Å². The van der Waals surface area contributed by atoms with Crippen molar-refractivity contribution in [3.05, 3.63) is 54.3 Å². The van der Waals surface area contributed by atoms with Gasteiger partial charge in [-0.2, -0.15) is 0 Å². The predicted octanol–water partition coefficient (Wildman–Crippen LogP) is 3.83. The van der Waals surface area contributed by atoms with E-state index in [1.54, 1.807) is 28.9 Å². The van der Waals surface area contributed by atoms with Crippen molar-refractivity contribution in [1.29, 1.82) is 0 Å². The van der Waals surface area contributed by atoms with Crippen LogP contribution in [0.2, 0.25) is 0 Å². The molecule has 1 aliphatic heterocycles. The number of rotatable bonds is 5. The molecule has 1 fully saturated rings. The van der Waals surface area contributed by atoms with E-state index in [0.29, 0.717) is 43.5 Å². The van der Waals surface area contributed by atoms with Gasteiger partial charge in [-0.3, -0.25) is 4.79 Å². The van der Waals surface area contributed by atoms with Crippen molar-refractivity contribution >= 4 is 34.5 Å². The second kappa shape index (κ2) is 9.95. The van der Waals surface area contributed by atoms with Crippen LogP contribution >= 0.6 is 11.8 Å². The number of piperazine rings is 1. The van der Waals surface area contributed by atoms with Gasteiger partial charge in [0.05, 0.1) is 12.4 Å². The molecule has 7 nitrogen and oxygen atoms in total. The van der Waals surface area contributed by atoms with E-state index in [2.05, 4.69) is 10.2 Å². The van der Waals surface area contributed by atoms with Crippen molar-refractivity contribution in [3.8, 4) is 11.3 Å². The van der Waals surface area contributed by atoms with Crippen LogP contribution in [0, 0.1) is 5.82 Å². The molecule has 2 heterocycles. The minimum Gasteiger partial charge on any atom is -0.450 e. The number of hydrogen-bond donors (Lipinski definition) is 0. The first-order valence-corrected chi connectivity index (χ1v) is 11.4. The lowest BCUT2D eigenvalue weighted by Gasteiger charge is -2.34. The smallest absolute Gasteiger partial charge is 0.409 e. The number of amides is 2. The van der Waals surface area contributed by atoms with Gasteiger partial charge in [-0.15, -0.1) is 10.2 Å². The summed E-state index contributed by atoms with van der Waals surface area (Å²) >= 11 is 1.34. The standard InChI is InChI=1S/C23H23FN4O3S/c1-2-31-23(30)28-13-11-27(12-14-28)20(29)15-32-22-19-6-4-3-5-18(19)21(25-26-22)16-7-9-17(24)10-8-16/h3-10H,2,11-15H2,1H3. The zero-order chi connectivity index (χ0) is 22.5. The molecule has 0 unspecified atom stereocenters. The van der Waals surface area contributed by atoms with E-state index in [4.69, 9.17) is 4.74 Å². The van der Waals surface area contributed by atoms with Crippen LogP contribution in [0.5, 0.6) is 0 Å². The molecule has 1 aromatic heterocycles. The summed E-state index contributed by atoms with van der Waals surface area (Å²) in [5, 5.41) is 11.2. The average Bonchev–Trinajstić information content (AvgIpc) is 2.83. The quantitative estimate of drug-likeness (QED) is 0.546. The summed E-state index contributed by atoms with van der Waals surface area (Å²) in [4.78, 5) is 27.9. The molecule has 3 aromatic rings. The molecule has 0 N–H and O–H groups in total. The van der Waals surface area contributed by atoms with Gasteiger partial charge in [-0.25, -0.2) is 9.18 Å². The van der Waals surface area contributed by atoms with Crippen LogP contribution in [0.15, 0.2) is 53.6 Å². The summed E-state index contributed by atoms with van der Waals surface area (Å²) in [6.45, 7) is 3.99. The van der Waals surface area contributed by atoms with Crippen LogP contribution in [0.1, 0.15) is 6.92 Å². The second-order valence-electron chi connectivity index (χ2n) is 7.26. The van der Waals surface area contributed by atoms with E-state index < -0.39 is 0 Å². The van der Waals surface area contributed by atoms with Gasteiger partial charge in [-0.1, -0.05) is 36.0 Å². The molecule has 0 radical (unpaired) electrons. The Balaban J connectivity index is 1.44. The zero-order valence-corrected chi connectivity index (χ0v) is 18.5. The van der Waals surface area contributed by atoms with Crippen LogP contribution in [-0.4, -0.2) is 70.5 Å². The monoisotopic (exact) mass is 454 g/mol. The van der Waals surface area contributed by atoms with Gasteiger partial charge in [0.15, 0.2) is 0 Å². The highest BCUT2D eigenvalue weighted by molar-refractivity contribution is 8.00. The Morgan fingerprint density at radius 3 is 2.31 bits per heavy atom. The van der Waals surface area contributed by atoms with E-state index in [9.17, 15) is 14.0 Å². The fourth-order valence-electron chi connectivity index (χ4n) is 3.58. The van der Waals surface area contributed by atoms with Crippen molar-refractivity contribution in [2.75, 3.05) is 38.5 Å². The Morgan fingerprint density at radius 1 is 0.969 bits per heavy atom. The molecule has 2 amide bonds. The Hall–Kier alpha value is -3.20. The Morgan fingerprint density at radius 2 is 1.62 bits per heavy atom. The Labute approximate surface area is 189 Å². The second-order valence-corrected chi connectivity index (χ2v) is 8.23. The third-order valence-electron chi connectivity index (χ3n) is 5.26. The third kappa shape index (κ3) is 4.83. The largest absolute Gasteiger partial charge is 0.450 e. The molecule has 4 rings (SSSR count). The number of thioether (sulfide) groups is 1. The van der Waals surface area contributed by atoms with Gasteiger partial charge < -0.3 is 14.5 Å². The van der Waals surface area contributed by atoms with Crippen molar-refractivity contribution in [3.63, 3.8) is 0 Å². The highest BCUT2D eigenvalue weighted by atomic mass is 32.2. The molecule has 1 aliphatic rings. The molecule has 32 heavy (non-hydrogen) atoms. The van der Waals surface area contributed by atoms with Crippen LogP contribution in [-0.2, 0) is 9.53 Å². The molecular formula is C23H23FN4O3S. The minimum atomic E-state index is -0.336. The van der Waals surface area contributed by atoms with Crippen molar-refractivity contribution in [2.24, 2.45) is 0 Å². The number of carbonyl (C=O) groups excluding carboxylic acids is 2. The number of halogens is 1. The Bertz CT molecular complexity index is 1120. The first-order valence-electron chi connectivity index (χ1n) is 10.4. The topological polar surface area (TPSA) is 75.6 Å². The summed E-state index contributed by atoms with van der Waals surface area (Å²) in [5.74, 6) is -0.0830. The van der Waals surface area contributed by atoms with Crippen molar-refractivity contribution in [2.45, 2.75) is 11.9 Å². The van der Waals surface area contributed by atoms with Crippen LogP contribution in [0.25, 0.3) is 22.0 Å². The third-order valence-corrected chi connectivity index (χ3v) is 6.23. The lowest BCUT2D eigenvalue weighted by Crippen LogP contribution is -2.51. The molecule has 0 bridgehead atoms. The molecule has 0 spiro atoms. The maximum atomic E-state index is 13.3. The van der Waals surface area contributed by atoms with E-state index in [0.717, 1.165) is 16.3 Å². The molecule has 0 atom stereocenters. The van der Waals surface area contributed by atoms with E-state index in [1.165, 1.54) is 23.9 Å². The molecule has 9 heteroatoms. The van der Waals surface area contributed by atoms with E-state index in [1.807, 2.05) is 24.3 Å². The number of nitrogens with zero attached hydrogens (tertiary/aromatic N) is 4. The van der Waals surface area contributed by atoms with Gasteiger partial charge in [0, 0.05) is 42.5 Å². The number of hydrogen-bond acceptors (Lipinski definition) is 6. The first kappa shape index (κ1) is 22.0. The maximum absolute atomic E-state index is 13.3. The van der Waals surface area contributed by atoms with Crippen LogP contribution in [0.4, 0.5) is 9.18 Å². The van der Waals surface area contributed by atoms with E-state index in [-0.39, 0.29) is 23.6 Å². The van der Waals surface area contributed by atoms with Crippen molar-refractivity contribution in [1.82, 2.24) is 20.0 Å². The lowest BCUT2D eigenvalue weighted by molar-refractivity contribution is -0.129. The van der Waals surface area contributed by atoms with E-state index >= 15 is 0 Å². The van der Waals surface area contributed by atoms with Gasteiger partial charge in [0.2, 0.25) is 5.91 Å². The molecule has 2 aromatic carbocycles. The number of fused-ring (bicyclic) bond motifs is 1. The van der Waals surface area contributed by atoms with Crippen LogP contribution < -0.4 is 0 Å². The zero-order valence-electron chi connectivity index (χ0n) is 17.7. The minimum absolute atomic E-state index is 0.00741. The number of aromatic nitrogens is 2. The molecule has 1 saturated heterocycles. The summed E-state index contributed by atoms with van der Waals surface area (Å²) in [5.41, 5.74) is 1.45. The number of benzene rings is 2. The first-order chi connectivity index (χ1) is 15.6. The number of ether oxygens (including phenoxy) is 1. The highest BCUT2D eigenvalue weighted by Gasteiger charge is 2.25. The van der Waals surface area contributed by atoms with Gasteiger partial charge in [-0.05, 0) is 31.2 Å². The average molecular weight is 455 g/mol. The van der Waals surface area contributed by atoms with Gasteiger partial charge >= 0.3 is 6.09 Å². The molecule has 0 aliphatic carbocycles.